The maximum atomic E-state index is 12.9. The van der Waals surface area contributed by atoms with Gasteiger partial charge in [0, 0.05) is 48.7 Å². The molecule has 1 atom stereocenters. The Balaban J connectivity index is 1.41. The summed E-state index contributed by atoms with van der Waals surface area (Å²) in [4.78, 5) is 26.9. The van der Waals surface area contributed by atoms with Gasteiger partial charge in [0.1, 0.15) is 5.82 Å². The number of aryl methyl sites for hydroxylation is 1. The first-order valence-electron chi connectivity index (χ1n) is 12.1. The van der Waals surface area contributed by atoms with Crippen LogP contribution < -0.4 is 4.90 Å². The number of hydrogen-bond donors (Lipinski definition) is 0. The molecule has 0 N–H and O–H groups in total. The number of carbonyl (C=O) groups excluding carboxylic acids is 1. The van der Waals surface area contributed by atoms with Crippen LogP contribution in [0.4, 0.5) is 5.69 Å². The second kappa shape index (κ2) is 8.65. The van der Waals surface area contributed by atoms with Gasteiger partial charge in [0.25, 0.3) is 5.91 Å². The molecule has 0 unspecified atom stereocenters. The lowest BCUT2D eigenvalue weighted by Crippen LogP contribution is -2.34. The molecule has 0 bridgehead atoms. The van der Waals surface area contributed by atoms with Crippen LogP contribution in [-0.2, 0) is 13.1 Å². The van der Waals surface area contributed by atoms with E-state index in [9.17, 15) is 4.79 Å². The first-order valence-corrected chi connectivity index (χ1v) is 12.1. The summed E-state index contributed by atoms with van der Waals surface area (Å²) in [6.07, 6.45) is 4.07. The number of likely N-dealkylation sites (tertiary alicyclic amines) is 1. The normalized spacial score (nSPS) is 18.2. The number of rotatable bonds is 4. The summed E-state index contributed by atoms with van der Waals surface area (Å²) in [6, 6.07) is 12.6. The summed E-state index contributed by atoms with van der Waals surface area (Å²) >= 11 is 0. The molecule has 33 heavy (non-hydrogen) atoms. The summed E-state index contributed by atoms with van der Waals surface area (Å²) in [7, 11) is 0. The van der Waals surface area contributed by atoms with E-state index in [2.05, 4.69) is 60.3 Å². The van der Waals surface area contributed by atoms with Crippen molar-refractivity contribution in [2.75, 3.05) is 18.0 Å². The third-order valence-electron chi connectivity index (χ3n) is 7.13. The van der Waals surface area contributed by atoms with Gasteiger partial charge in [0.15, 0.2) is 0 Å². The lowest BCUT2D eigenvalue weighted by molar-refractivity contribution is 0.0747. The molecule has 4 heterocycles. The minimum Gasteiger partial charge on any atom is -0.364 e. The highest BCUT2D eigenvalue weighted by Crippen LogP contribution is 2.33. The van der Waals surface area contributed by atoms with Gasteiger partial charge in [-0.25, -0.2) is 4.98 Å². The Morgan fingerprint density at radius 2 is 1.88 bits per heavy atom. The molecule has 1 aromatic carbocycles. The number of benzene rings is 1. The zero-order valence-electron chi connectivity index (χ0n) is 20.1. The topological polar surface area (TPSA) is 54.3 Å². The predicted octanol–water partition coefficient (Wildman–Crippen LogP) is 5.02. The van der Waals surface area contributed by atoms with Crippen LogP contribution in [0.1, 0.15) is 67.1 Å². The Labute approximate surface area is 196 Å². The molecule has 5 rings (SSSR count). The van der Waals surface area contributed by atoms with Crippen molar-refractivity contribution in [2.24, 2.45) is 0 Å². The monoisotopic (exact) mass is 443 g/mol. The summed E-state index contributed by atoms with van der Waals surface area (Å²) < 4.78 is 2.34. The Morgan fingerprint density at radius 3 is 2.58 bits per heavy atom. The number of fused-ring (bicyclic) bond motifs is 1. The van der Waals surface area contributed by atoms with Gasteiger partial charge in [-0.15, -0.1) is 0 Å². The van der Waals surface area contributed by atoms with Crippen LogP contribution in [0.2, 0.25) is 0 Å². The lowest BCUT2D eigenvalue weighted by atomic mass is 10.00. The molecule has 0 aliphatic carbocycles. The highest BCUT2D eigenvalue weighted by Gasteiger charge is 2.27. The van der Waals surface area contributed by atoms with Crippen molar-refractivity contribution in [1.82, 2.24) is 19.4 Å². The third-order valence-corrected chi connectivity index (χ3v) is 7.13. The molecular weight excluding hydrogens is 410 g/mol. The predicted molar refractivity (Wildman–Crippen MR) is 132 cm³/mol. The van der Waals surface area contributed by atoms with E-state index in [1.54, 1.807) is 0 Å². The first-order chi connectivity index (χ1) is 15.9. The van der Waals surface area contributed by atoms with Crippen LogP contribution in [0.5, 0.6) is 0 Å². The molecule has 2 aromatic heterocycles. The highest BCUT2D eigenvalue weighted by molar-refractivity contribution is 5.95. The molecule has 0 saturated carbocycles. The van der Waals surface area contributed by atoms with Crippen molar-refractivity contribution in [1.29, 1.82) is 0 Å². The standard InChI is InChI=1S/C27H33N5O/c1-18(2)25-23(8-5-13-28-25)26-24-17-30(15-16-32(24)20(4)29-26)22-11-9-21(10-12-22)27(33)31-14-6-7-19(31)3/h5,8-13,18-19H,6-7,14-17H2,1-4H3/t19-/m1/s1. The Morgan fingerprint density at radius 1 is 1.09 bits per heavy atom. The van der Waals surface area contributed by atoms with Gasteiger partial charge in [-0.05, 0) is 69.0 Å². The molecule has 172 valence electrons. The molecule has 0 radical (unpaired) electrons. The van der Waals surface area contributed by atoms with Crippen LogP contribution in [-0.4, -0.2) is 44.5 Å². The fraction of sp³-hybridized carbons (Fsp3) is 0.444. The molecule has 1 fully saturated rings. The quantitative estimate of drug-likeness (QED) is 0.568. The first kappa shape index (κ1) is 21.7. The number of carbonyl (C=O) groups is 1. The largest absolute Gasteiger partial charge is 0.364 e. The Bertz CT molecular complexity index is 1160. The van der Waals surface area contributed by atoms with Crippen LogP contribution in [0.3, 0.4) is 0 Å². The number of imidazole rings is 1. The van der Waals surface area contributed by atoms with E-state index in [1.165, 1.54) is 5.69 Å². The molecule has 2 aliphatic heterocycles. The fourth-order valence-corrected chi connectivity index (χ4v) is 5.28. The van der Waals surface area contributed by atoms with Gasteiger partial charge >= 0.3 is 0 Å². The van der Waals surface area contributed by atoms with Gasteiger partial charge in [0.05, 0.1) is 23.6 Å². The SMILES string of the molecule is Cc1nc(-c2cccnc2C(C)C)c2n1CCN(c1ccc(C(=O)N3CCC[C@H]3C)cc1)C2. The number of amides is 1. The minimum absolute atomic E-state index is 0.152. The number of aromatic nitrogens is 3. The fourth-order valence-electron chi connectivity index (χ4n) is 5.28. The van der Waals surface area contributed by atoms with Crippen LogP contribution in [0.25, 0.3) is 11.3 Å². The van der Waals surface area contributed by atoms with Gasteiger partial charge in [-0.1, -0.05) is 13.8 Å². The number of hydrogen-bond acceptors (Lipinski definition) is 4. The van der Waals surface area contributed by atoms with Crippen molar-refractivity contribution in [2.45, 2.75) is 65.6 Å². The lowest BCUT2D eigenvalue weighted by Gasteiger charge is -2.31. The van der Waals surface area contributed by atoms with Gasteiger partial charge in [-0.3, -0.25) is 9.78 Å². The summed E-state index contributed by atoms with van der Waals surface area (Å²) in [5, 5.41) is 0. The molecule has 3 aromatic rings. The molecular formula is C27H33N5O. The third kappa shape index (κ3) is 3.92. The van der Waals surface area contributed by atoms with Crippen molar-refractivity contribution in [3.05, 3.63) is 65.4 Å². The van der Waals surface area contributed by atoms with E-state index in [0.717, 1.165) is 73.0 Å². The van der Waals surface area contributed by atoms with Gasteiger partial charge in [-0.2, -0.15) is 0 Å². The average molecular weight is 444 g/mol. The van der Waals surface area contributed by atoms with E-state index >= 15 is 0 Å². The van der Waals surface area contributed by atoms with Gasteiger partial charge in [0.2, 0.25) is 0 Å². The minimum atomic E-state index is 0.152. The van der Waals surface area contributed by atoms with Gasteiger partial charge < -0.3 is 14.4 Å². The van der Waals surface area contributed by atoms with Crippen molar-refractivity contribution < 1.29 is 4.79 Å². The van der Waals surface area contributed by atoms with E-state index in [4.69, 9.17) is 4.98 Å². The number of pyridine rings is 1. The van der Waals surface area contributed by atoms with Crippen LogP contribution in [0, 0.1) is 6.92 Å². The van der Waals surface area contributed by atoms with E-state index < -0.39 is 0 Å². The average Bonchev–Trinajstić information content (AvgIpc) is 3.41. The van der Waals surface area contributed by atoms with Crippen LogP contribution >= 0.6 is 0 Å². The molecule has 0 spiro atoms. The van der Waals surface area contributed by atoms with Crippen molar-refractivity contribution in [3.63, 3.8) is 0 Å². The molecule has 1 saturated heterocycles. The smallest absolute Gasteiger partial charge is 0.254 e. The van der Waals surface area contributed by atoms with E-state index in [0.29, 0.717) is 12.0 Å². The maximum absolute atomic E-state index is 12.9. The second-order valence-electron chi connectivity index (χ2n) is 9.66. The second-order valence-corrected chi connectivity index (χ2v) is 9.66. The summed E-state index contributed by atoms with van der Waals surface area (Å²) in [5.74, 6) is 1.54. The van der Waals surface area contributed by atoms with E-state index in [-0.39, 0.29) is 5.91 Å². The Hall–Kier alpha value is -3.15. The zero-order valence-corrected chi connectivity index (χ0v) is 20.1. The van der Waals surface area contributed by atoms with Crippen molar-refractivity contribution >= 4 is 11.6 Å². The van der Waals surface area contributed by atoms with Crippen molar-refractivity contribution in [3.8, 4) is 11.3 Å². The zero-order chi connectivity index (χ0) is 23.1. The highest BCUT2D eigenvalue weighted by atomic mass is 16.2. The summed E-state index contributed by atoms with van der Waals surface area (Å²) in [6.45, 7) is 12.1. The maximum Gasteiger partial charge on any atom is 0.254 e. The Kier molecular flexibility index (Phi) is 5.69. The van der Waals surface area contributed by atoms with E-state index in [1.807, 2.05) is 29.3 Å². The molecule has 2 aliphatic rings. The molecule has 6 nitrogen and oxygen atoms in total. The molecule has 6 heteroatoms. The number of nitrogens with zero attached hydrogens (tertiary/aromatic N) is 5. The van der Waals surface area contributed by atoms with Crippen LogP contribution in [0.15, 0.2) is 42.6 Å². The summed E-state index contributed by atoms with van der Waals surface area (Å²) in [5.41, 5.74) is 6.43. The number of anilines is 1. The molecule has 1 amide bonds.